The largest absolute Gasteiger partial charge is 0.358 e. The molecule has 0 bridgehead atoms. The topological polar surface area (TPSA) is 64.9 Å². The molecule has 0 heterocycles. The van der Waals surface area contributed by atoms with Gasteiger partial charge in [-0.05, 0) is 30.3 Å². The Morgan fingerprint density at radius 3 is 2.44 bits per heavy atom. The van der Waals surface area contributed by atoms with Crippen molar-refractivity contribution in [2.45, 2.75) is 0 Å². The van der Waals surface area contributed by atoms with Gasteiger partial charge in [-0.25, -0.2) is 13.2 Å². The Morgan fingerprint density at radius 2 is 1.80 bits per heavy atom. The van der Waals surface area contributed by atoms with Gasteiger partial charge in [-0.1, -0.05) is 23.2 Å². The molecular formula is C16H8Cl2F3N3O. The maximum absolute atomic E-state index is 13.5. The lowest BCUT2D eigenvalue weighted by Crippen LogP contribution is -2.14. The molecule has 2 aromatic carbocycles. The van der Waals surface area contributed by atoms with Gasteiger partial charge in [0.25, 0.3) is 5.91 Å². The van der Waals surface area contributed by atoms with Crippen molar-refractivity contribution in [3.63, 3.8) is 0 Å². The lowest BCUT2D eigenvalue weighted by molar-refractivity contribution is -0.112. The fourth-order valence-corrected chi connectivity index (χ4v) is 2.01. The predicted molar refractivity (Wildman–Crippen MR) is 88.7 cm³/mol. The van der Waals surface area contributed by atoms with Gasteiger partial charge in [-0.3, -0.25) is 4.79 Å². The molecule has 2 N–H and O–H groups in total. The third kappa shape index (κ3) is 4.44. The van der Waals surface area contributed by atoms with Crippen molar-refractivity contribution in [3.8, 4) is 6.07 Å². The predicted octanol–water partition coefficient (Wildman–Crippen LogP) is 4.87. The second kappa shape index (κ2) is 7.92. The van der Waals surface area contributed by atoms with Crippen molar-refractivity contribution in [1.82, 2.24) is 0 Å². The average molecular weight is 386 g/mol. The Labute approximate surface area is 150 Å². The summed E-state index contributed by atoms with van der Waals surface area (Å²) in [7, 11) is 0. The number of rotatable bonds is 4. The molecule has 0 aliphatic heterocycles. The molecule has 0 saturated heterocycles. The van der Waals surface area contributed by atoms with Crippen molar-refractivity contribution in [2.75, 3.05) is 10.6 Å². The van der Waals surface area contributed by atoms with Gasteiger partial charge in [0.15, 0.2) is 17.5 Å². The fourth-order valence-electron chi connectivity index (χ4n) is 1.71. The molecule has 0 saturated carbocycles. The van der Waals surface area contributed by atoms with E-state index < -0.39 is 34.6 Å². The van der Waals surface area contributed by atoms with Crippen LogP contribution in [-0.4, -0.2) is 5.91 Å². The van der Waals surface area contributed by atoms with Gasteiger partial charge in [0.1, 0.15) is 11.6 Å². The zero-order valence-electron chi connectivity index (χ0n) is 12.2. The third-order valence-electron chi connectivity index (χ3n) is 2.95. The minimum absolute atomic E-state index is 0.198. The van der Waals surface area contributed by atoms with Gasteiger partial charge in [0.05, 0.1) is 15.7 Å². The van der Waals surface area contributed by atoms with Crippen molar-refractivity contribution in [2.24, 2.45) is 0 Å². The van der Waals surface area contributed by atoms with E-state index in [1.165, 1.54) is 18.2 Å². The number of halogens is 5. The van der Waals surface area contributed by atoms with Crippen LogP contribution in [-0.2, 0) is 4.79 Å². The third-order valence-corrected chi connectivity index (χ3v) is 3.69. The number of carbonyl (C=O) groups is 1. The summed E-state index contributed by atoms with van der Waals surface area (Å²) in [6.07, 6.45) is 0.864. The molecule has 0 aromatic heterocycles. The zero-order chi connectivity index (χ0) is 18.6. The molecule has 0 aliphatic rings. The Morgan fingerprint density at radius 1 is 1.08 bits per heavy atom. The Bertz CT molecular complexity index is 910. The second-order valence-electron chi connectivity index (χ2n) is 4.62. The quantitative estimate of drug-likeness (QED) is 0.448. The Hall–Kier alpha value is -2.69. The van der Waals surface area contributed by atoms with Crippen LogP contribution in [0.1, 0.15) is 0 Å². The summed E-state index contributed by atoms with van der Waals surface area (Å²) in [6.45, 7) is 0. The molecule has 0 atom stereocenters. The summed E-state index contributed by atoms with van der Waals surface area (Å²) in [4.78, 5) is 12.0. The normalized spacial score (nSPS) is 11.0. The first-order valence-electron chi connectivity index (χ1n) is 6.60. The van der Waals surface area contributed by atoms with E-state index in [1.54, 1.807) is 6.07 Å². The molecule has 0 unspecified atom stereocenters. The van der Waals surface area contributed by atoms with E-state index in [2.05, 4.69) is 10.6 Å². The fraction of sp³-hybridized carbons (Fsp3) is 0. The SMILES string of the molecule is N#C/C(=C/Nc1ccc(F)c(F)c1F)C(=O)Nc1ccc(Cl)c(Cl)c1. The Balaban J connectivity index is 2.17. The maximum atomic E-state index is 13.5. The van der Waals surface area contributed by atoms with Gasteiger partial charge in [-0.15, -0.1) is 0 Å². The first-order valence-corrected chi connectivity index (χ1v) is 7.35. The first-order chi connectivity index (χ1) is 11.8. The zero-order valence-corrected chi connectivity index (χ0v) is 13.7. The summed E-state index contributed by atoms with van der Waals surface area (Å²) in [5.74, 6) is -5.32. The highest BCUT2D eigenvalue weighted by atomic mass is 35.5. The van der Waals surface area contributed by atoms with Crippen LogP contribution >= 0.6 is 23.2 Å². The molecule has 0 spiro atoms. The molecule has 0 aliphatic carbocycles. The highest BCUT2D eigenvalue weighted by molar-refractivity contribution is 6.42. The summed E-state index contributed by atoms with van der Waals surface area (Å²) >= 11 is 11.6. The number of anilines is 2. The molecule has 4 nitrogen and oxygen atoms in total. The van der Waals surface area contributed by atoms with Gasteiger partial charge in [0, 0.05) is 11.9 Å². The van der Waals surface area contributed by atoms with Gasteiger partial charge >= 0.3 is 0 Å². The van der Waals surface area contributed by atoms with Gasteiger partial charge in [0.2, 0.25) is 0 Å². The van der Waals surface area contributed by atoms with Crippen LogP contribution in [0.2, 0.25) is 10.0 Å². The summed E-state index contributed by atoms with van der Waals surface area (Å²) in [5, 5.41) is 14.1. The molecule has 128 valence electrons. The van der Waals surface area contributed by atoms with E-state index in [-0.39, 0.29) is 15.7 Å². The highest BCUT2D eigenvalue weighted by Gasteiger charge is 2.14. The van der Waals surface area contributed by atoms with E-state index in [0.29, 0.717) is 6.07 Å². The molecule has 2 aromatic rings. The molecule has 25 heavy (non-hydrogen) atoms. The molecule has 1 amide bonds. The second-order valence-corrected chi connectivity index (χ2v) is 5.43. The van der Waals surface area contributed by atoms with Crippen LogP contribution in [0.25, 0.3) is 0 Å². The number of hydrogen-bond donors (Lipinski definition) is 2. The molecule has 2 rings (SSSR count). The standard InChI is InChI=1S/C16H8Cl2F3N3O/c17-10-2-1-9(5-11(10)18)24-16(25)8(6-22)7-23-13-4-3-12(19)14(20)15(13)21/h1-5,7,23H,(H,24,25)/b8-7-. The maximum Gasteiger partial charge on any atom is 0.267 e. The summed E-state index contributed by atoms with van der Waals surface area (Å²) in [5.41, 5.74) is -0.594. The number of hydrogen-bond acceptors (Lipinski definition) is 3. The van der Waals surface area contributed by atoms with Crippen molar-refractivity contribution >= 4 is 40.5 Å². The van der Waals surface area contributed by atoms with Crippen LogP contribution in [0.4, 0.5) is 24.5 Å². The van der Waals surface area contributed by atoms with E-state index in [9.17, 15) is 18.0 Å². The molecule has 0 fully saturated rings. The van der Waals surface area contributed by atoms with Crippen LogP contribution in [0, 0.1) is 28.8 Å². The summed E-state index contributed by atoms with van der Waals surface area (Å²) < 4.78 is 39.5. The minimum Gasteiger partial charge on any atom is -0.358 e. The summed E-state index contributed by atoms with van der Waals surface area (Å²) in [6, 6.07) is 7.52. The van der Waals surface area contributed by atoms with E-state index in [4.69, 9.17) is 28.5 Å². The molecule has 9 heteroatoms. The van der Waals surface area contributed by atoms with E-state index >= 15 is 0 Å². The number of amides is 1. The lowest BCUT2D eigenvalue weighted by Gasteiger charge is -2.07. The minimum atomic E-state index is -1.67. The number of nitrogens with zero attached hydrogens (tertiary/aromatic N) is 1. The van der Waals surface area contributed by atoms with Gasteiger partial charge in [-0.2, -0.15) is 5.26 Å². The highest BCUT2D eigenvalue weighted by Crippen LogP contribution is 2.25. The number of benzene rings is 2. The van der Waals surface area contributed by atoms with Crippen LogP contribution in [0.3, 0.4) is 0 Å². The van der Waals surface area contributed by atoms with Crippen molar-refractivity contribution < 1.29 is 18.0 Å². The van der Waals surface area contributed by atoms with E-state index in [0.717, 1.165) is 12.3 Å². The monoisotopic (exact) mass is 385 g/mol. The van der Waals surface area contributed by atoms with E-state index in [1.807, 2.05) is 0 Å². The van der Waals surface area contributed by atoms with Crippen LogP contribution in [0.5, 0.6) is 0 Å². The van der Waals surface area contributed by atoms with Gasteiger partial charge < -0.3 is 10.6 Å². The van der Waals surface area contributed by atoms with Crippen LogP contribution < -0.4 is 10.6 Å². The van der Waals surface area contributed by atoms with Crippen LogP contribution in [0.15, 0.2) is 42.1 Å². The van der Waals surface area contributed by atoms with Crippen molar-refractivity contribution in [3.05, 3.63) is 69.6 Å². The molecular weight excluding hydrogens is 378 g/mol. The number of carbonyl (C=O) groups excluding carboxylic acids is 1. The Kier molecular flexibility index (Phi) is 5.91. The average Bonchev–Trinajstić information content (AvgIpc) is 2.58. The van der Waals surface area contributed by atoms with Crippen molar-refractivity contribution in [1.29, 1.82) is 5.26 Å². The number of nitriles is 1. The first kappa shape index (κ1) is 18.6. The lowest BCUT2D eigenvalue weighted by atomic mass is 10.2. The molecule has 0 radical (unpaired) electrons. The smallest absolute Gasteiger partial charge is 0.267 e. The number of nitrogens with one attached hydrogen (secondary N) is 2.